The lowest BCUT2D eigenvalue weighted by Gasteiger charge is -2.33. The summed E-state index contributed by atoms with van der Waals surface area (Å²) in [7, 11) is -4.02. The largest absolute Gasteiger partial charge is 0.341 e. The minimum absolute atomic E-state index is 0.0334. The van der Waals surface area contributed by atoms with Crippen LogP contribution < -0.4 is 10.0 Å². The van der Waals surface area contributed by atoms with Crippen molar-refractivity contribution in [1.29, 1.82) is 0 Å². The van der Waals surface area contributed by atoms with Crippen molar-refractivity contribution < 1.29 is 22.8 Å². The summed E-state index contributed by atoms with van der Waals surface area (Å²) in [6.45, 7) is 3.11. The molecule has 164 valence electrons. The van der Waals surface area contributed by atoms with Crippen LogP contribution in [0.1, 0.15) is 32.6 Å². The minimum atomic E-state index is -4.02. The van der Waals surface area contributed by atoms with E-state index in [1.54, 1.807) is 4.90 Å². The molecular formula is C19H25ClN4O5S. The van der Waals surface area contributed by atoms with Crippen LogP contribution >= 0.6 is 11.6 Å². The summed E-state index contributed by atoms with van der Waals surface area (Å²) in [6.07, 6.45) is 2.87. The van der Waals surface area contributed by atoms with Crippen molar-refractivity contribution in [3.8, 4) is 0 Å². The number of nitrogens with one attached hydrogen (secondary N) is 2. The van der Waals surface area contributed by atoms with Crippen molar-refractivity contribution in [3.05, 3.63) is 23.2 Å². The molecule has 0 spiro atoms. The Morgan fingerprint density at radius 3 is 2.50 bits per heavy atom. The lowest BCUT2D eigenvalue weighted by molar-refractivity contribution is -0.142. The first kappa shape index (κ1) is 22.5. The van der Waals surface area contributed by atoms with E-state index in [-0.39, 0.29) is 28.3 Å². The number of carbonyl (C=O) groups excluding carboxylic acids is 3. The number of carbonyl (C=O) groups is 3. The lowest BCUT2D eigenvalue weighted by Crippen LogP contribution is -2.54. The molecule has 2 N–H and O–H groups in total. The van der Waals surface area contributed by atoms with E-state index in [2.05, 4.69) is 10.0 Å². The molecule has 2 saturated heterocycles. The molecule has 0 aliphatic carbocycles. The van der Waals surface area contributed by atoms with E-state index in [1.807, 2.05) is 0 Å². The fourth-order valence-corrected chi connectivity index (χ4v) is 5.19. The van der Waals surface area contributed by atoms with Crippen LogP contribution in [-0.4, -0.2) is 68.2 Å². The molecule has 9 nitrogen and oxygen atoms in total. The predicted molar refractivity (Wildman–Crippen MR) is 111 cm³/mol. The highest BCUT2D eigenvalue weighted by molar-refractivity contribution is 7.89. The summed E-state index contributed by atoms with van der Waals surface area (Å²) < 4.78 is 28.0. The summed E-state index contributed by atoms with van der Waals surface area (Å²) in [5.41, 5.74) is 0.295. The molecule has 0 radical (unpaired) electrons. The first-order valence-electron chi connectivity index (χ1n) is 9.83. The molecule has 0 bridgehead atoms. The number of halogens is 1. The predicted octanol–water partition coefficient (Wildman–Crippen LogP) is 1.19. The summed E-state index contributed by atoms with van der Waals surface area (Å²) >= 11 is 6.07. The van der Waals surface area contributed by atoms with Crippen LogP contribution in [-0.2, 0) is 24.4 Å². The van der Waals surface area contributed by atoms with Crippen LogP contribution in [0.5, 0.6) is 0 Å². The van der Waals surface area contributed by atoms with Gasteiger partial charge in [-0.25, -0.2) is 8.42 Å². The molecule has 1 aromatic rings. The molecule has 2 aliphatic rings. The number of benzene rings is 1. The van der Waals surface area contributed by atoms with Crippen molar-refractivity contribution in [2.45, 2.75) is 43.5 Å². The number of piperidine rings is 1. The van der Waals surface area contributed by atoms with Gasteiger partial charge in [-0.1, -0.05) is 11.6 Å². The smallest absolute Gasteiger partial charge is 0.242 e. The van der Waals surface area contributed by atoms with Gasteiger partial charge in [-0.15, -0.1) is 0 Å². The second-order valence-corrected chi connectivity index (χ2v) is 9.61. The molecule has 3 rings (SSSR count). The van der Waals surface area contributed by atoms with Crippen LogP contribution in [0.4, 0.5) is 5.69 Å². The van der Waals surface area contributed by atoms with Gasteiger partial charge >= 0.3 is 0 Å². The SMILES string of the molecule is CC(=O)Nc1ccc(S(=O)(=O)NC2CCCN(CC(=O)N3CCCC3)C2=O)cc1Cl. The third kappa shape index (κ3) is 5.30. The zero-order valence-electron chi connectivity index (χ0n) is 16.7. The van der Waals surface area contributed by atoms with Crippen LogP contribution in [0.25, 0.3) is 0 Å². The molecule has 30 heavy (non-hydrogen) atoms. The average molecular weight is 457 g/mol. The Hall–Kier alpha value is -2.17. The third-order valence-corrected chi connectivity index (χ3v) is 6.96. The van der Waals surface area contributed by atoms with Gasteiger partial charge in [-0.05, 0) is 43.9 Å². The Morgan fingerprint density at radius 2 is 1.87 bits per heavy atom. The Kier molecular flexibility index (Phi) is 6.99. The number of likely N-dealkylation sites (tertiary alicyclic amines) is 2. The van der Waals surface area contributed by atoms with E-state index >= 15 is 0 Å². The maximum absolute atomic E-state index is 12.8. The maximum atomic E-state index is 12.8. The van der Waals surface area contributed by atoms with Crippen LogP contribution in [0, 0.1) is 0 Å². The summed E-state index contributed by atoms with van der Waals surface area (Å²) in [6, 6.07) is 2.98. The van der Waals surface area contributed by atoms with E-state index in [1.165, 1.54) is 30.0 Å². The van der Waals surface area contributed by atoms with Crippen molar-refractivity contribution in [3.63, 3.8) is 0 Å². The van der Waals surface area contributed by atoms with E-state index in [9.17, 15) is 22.8 Å². The van der Waals surface area contributed by atoms with Gasteiger partial charge in [-0.2, -0.15) is 4.72 Å². The van der Waals surface area contributed by atoms with Gasteiger partial charge < -0.3 is 15.1 Å². The van der Waals surface area contributed by atoms with Gasteiger partial charge in [0.1, 0.15) is 6.04 Å². The molecule has 0 saturated carbocycles. The second kappa shape index (κ2) is 9.32. The van der Waals surface area contributed by atoms with Crippen molar-refractivity contribution in [1.82, 2.24) is 14.5 Å². The number of sulfonamides is 1. The molecule has 2 fully saturated rings. The Bertz CT molecular complexity index is 946. The zero-order chi connectivity index (χ0) is 21.9. The highest BCUT2D eigenvalue weighted by Crippen LogP contribution is 2.26. The maximum Gasteiger partial charge on any atom is 0.242 e. The first-order valence-corrected chi connectivity index (χ1v) is 11.7. The van der Waals surface area contributed by atoms with Gasteiger partial charge in [0.05, 0.1) is 22.2 Å². The lowest BCUT2D eigenvalue weighted by atomic mass is 10.1. The van der Waals surface area contributed by atoms with Crippen LogP contribution in [0.15, 0.2) is 23.1 Å². The standard InChI is InChI=1S/C19H25ClN4O5S/c1-13(25)21-16-7-6-14(11-15(16)20)30(28,29)22-17-5-4-10-24(19(17)27)12-18(26)23-8-2-3-9-23/h6-7,11,17,22H,2-5,8-10,12H2,1H3,(H,21,25). The molecule has 3 amide bonds. The van der Waals surface area contributed by atoms with Gasteiger partial charge in [0.2, 0.25) is 27.7 Å². The number of nitrogens with zero attached hydrogens (tertiary/aromatic N) is 2. The van der Waals surface area contributed by atoms with Gasteiger partial charge in [0, 0.05) is 26.6 Å². The number of amides is 3. The van der Waals surface area contributed by atoms with Crippen molar-refractivity contribution in [2.75, 3.05) is 31.5 Å². The van der Waals surface area contributed by atoms with E-state index < -0.39 is 22.0 Å². The molecule has 11 heteroatoms. The quantitative estimate of drug-likeness (QED) is 0.667. The van der Waals surface area contributed by atoms with E-state index in [0.29, 0.717) is 38.2 Å². The fraction of sp³-hybridized carbons (Fsp3) is 0.526. The molecule has 2 aliphatic heterocycles. The summed E-state index contributed by atoms with van der Waals surface area (Å²) in [5.74, 6) is -0.843. The monoisotopic (exact) mass is 456 g/mol. The Balaban J connectivity index is 1.68. The molecule has 2 heterocycles. The minimum Gasteiger partial charge on any atom is -0.341 e. The molecule has 0 aromatic heterocycles. The normalized spacial score (nSPS) is 19.8. The summed E-state index contributed by atoms with van der Waals surface area (Å²) in [4.78, 5) is 39.4. The van der Waals surface area contributed by atoms with Crippen molar-refractivity contribution >= 4 is 45.0 Å². The van der Waals surface area contributed by atoms with Gasteiger partial charge in [-0.3, -0.25) is 14.4 Å². The number of hydrogen-bond donors (Lipinski definition) is 2. The van der Waals surface area contributed by atoms with E-state index in [0.717, 1.165) is 12.8 Å². The highest BCUT2D eigenvalue weighted by Gasteiger charge is 2.34. The van der Waals surface area contributed by atoms with E-state index in [4.69, 9.17) is 11.6 Å². The molecule has 1 unspecified atom stereocenters. The summed E-state index contributed by atoms with van der Waals surface area (Å²) in [5, 5.41) is 2.57. The van der Waals surface area contributed by atoms with Gasteiger partial charge in [0.15, 0.2) is 0 Å². The zero-order valence-corrected chi connectivity index (χ0v) is 18.3. The van der Waals surface area contributed by atoms with Crippen molar-refractivity contribution in [2.24, 2.45) is 0 Å². The number of anilines is 1. The Labute approximate surface area is 180 Å². The van der Waals surface area contributed by atoms with Gasteiger partial charge in [0.25, 0.3) is 0 Å². The highest BCUT2D eigenvalue weighted by atomic mass is 35.5. The first-order chi connectivity index (χ1) is 14.2. The van der Waals surface area contributed by atoms with Crippen LogP contribution in [0.3, 0.4) is 0 Å². The molecular weight excluding hydrogens is 432 g/mol. The number of rotatable bonds is 6. The fourth-order valence-electron chi connectivity index (χ4n) is 3.65. The topological polar surface area (TPSA) is 116 Å². The number of hydrogen-bond acceptors (Lipinski definition) is 5. The second-order valence-electron chi connectivity index (χ2n) is 7.49. The Morgan fingerprint density at radius 1 is 1.17 bits per heavy atom. The van der Waals surface area contributed by atoms with Crippen LogP contribution in [0.2, 0.25) is 5.02 Å². The third-order valence-electron chi connectivity index (χ3n) is 5.17. The molecule has 1 atom stereocenters. The average Bonchev–Trinajstić information content (AvgIpc) is 3.21. The molecule has 1 aromatic carbocycles.